The molecule has 2 N–H and O–H groups in total. The summed E-state index contributed by atoms with van der Waals surface area (Å²) in [6.45, 7) is 0. The zero-order chi connectivity index (χ0) is 13.9. The van der Waals surface area contributed by atoms with Crippen LogP contribution in [0.5, 0.6) is 11.5 Å². The van der Waals surface area contributed by atoms with Crippen LogP contribution in [0.25, 0.3) is 11.0 Å². The predicted octanol–water partition coefficient (Wildman–Crippen LogP) is 2.66. The molecule has 0 saturated carbocycles. The number of nitriles is 1. The summed E-state index contributed by atoms with van der Waals surface area (Å²) in [7, 11) is 0. The molecule has 6 nitrogen and oxygen atoms in total. The number of nitrogen functional groups attached to an aromatic ring is 1. The van der Waals surface area contributed by atoms with E-state index in [4.69, 9.17) is 15.7 Å². The van der Waals surface area contributed by atoms with E-state index < -0.39 is 0 Å². The number of hydrogen-bond acceptors (Lipinski definition) is 6. The summed E-state index contributed by atoms with van der Waals surface area (Å²) in [6.07, 6.45) is 0.375. The highest BCUT2D eigenvalue weighted by atomic mass is 16.6. The average Bonchev–Trinajstić information content (AvgIpc) is 2.95. The number of benzene rings is 2. The van der Waals surface area contributed by atoms with Crippen LogP contribution in [0.2, 0.25) is 0 Å². The van der Waals surface area contributed by atoms with Crippen molar-refractivity contribution >= 4 is 16.7 Å². The summed E-state index contributed by atoms with van der Waals surface area (Å²) in [5.74, 6) is 1.16. The van der Waals surface area contributed by atoms with Crippen molar-refractivity contribution in [2.24, 2.45) is 0 Å². The van der Waals surface area contributed by atoms with E-state index in [0.717, 1.165) is 5.56 Å². The first-order chi connectivity index (χ1) is 9.78. The largest absolute Gasteiger partial charge is 0.455 e. The molecular weight excluding hydrogens is 256 g/mol. The molecule has 1 aromatic heterocycles. The molecule has 0 bridgehead atoms. The highest BCUT2D eigenvalue weighted by Gasteiger charge is 2.11. The highest BCUT2D eigenvalue weighted by Crippen LogP contribution is 2.30. The lowest BCUT2D eigenvalue weighted by atomic mass is 10.2. The molecular formula is C14H10N4O2. The number of rotatable bonds is 3. The lowest BCUT2D eigenvalue weighted by molar-refractivity contribution is 0.314. The van der Waals surface area contributed by atoms with Crippen LogP contribution in [0.15, 0.2) is 41.0 Å². The third-order valence-corrected chi connectivity index (χ3v) is 2.84. The van der Waals surface area contributed by atoms with Gasteiger partial charge in [-0.15, -0.1) is 0 Å². The number of nitrogens with zero attached hydrogens (tertiary/aromatic N) is 3. The maximum Gasteiger partial charge on any atom is 0.179 e. The maximum absolute atomic E-state index is 8.63. The molecule has 0 aliphatic rings. The minimum atomic E-state index is 0.375. The van der Waals surface area contributed by atoms with Gasteiger partial charge in [0.2, 0.25) is 0 Å². The van der Waals surface area contributed by atoms with E-state index in [2.05, 4.69) is 21.0 Å². The van der Waals surface area contributed by atoms with Crippen LogP contribution >= 0.6 is 0 Å². The van der Waals surface area contributed by atoms with E-state index >= 15 is 0 Å². The van der Waals surface area contributed by atoms with Gasteiger partial charge in [-0.1, -0.05) is 12.1 Å². The van der Waals surface area contributed by atoms with Crippen LogP contribution in [0, 0.1) is 11.3 Å². The van der Waals surface area contributed by atoms with Gasteiger partial charge >= 0.3 is 0 Å². The number of aromatic nitrogens is 2. The first-order valence-corrected chi connectivity index (χ1v) is 5.92. The molecule has 2 aromatic carbocycles. The van der Waals surface area contributed by atoms with E-state index in [1.807, 2.05) is 12.1 Å². The van der Waals surface area contributed by atoms with Crippen LogP contribution in [0.4, 0.5) is 5.69 Å². The van der Waals surface area contributed by atoms with Crippen molar-refractivity contribution in [1.29, 1.82) is 5.26 Å². The SMILES string of the molecule is N#CCc1ccc(Oc2ccc(N)c3nonc23)cc1. The lowest BCUT2D eigenvalue weighted by Crippen LogP contribution is -1.90. The second-order valence-electron chi connectivity index (χ2n) is 4.20. The molecule has 0 aliphatic heterocycles. The van der Waals surface area contributed by atoms with Crippen LogP contribution in [-0.2, 0) is 6.42 Å². The smallest absolute Gasteiger partial charge is 0.179 e. The van der Waals surface area contributed by atoms with Gasteiger partial charge in [-0.25, -0.2) is 4.63 Å². The predicted molar refractivity (Wildman–Crippen MR) is 72.0 cm³/mol. The molecule has 1 heterocycles. The Balaban J connectivity index is 1.91. The fourth-order valence-corrected chi connectivity index (χ4v) is 1.84. The zero-order valence-corrected chi connectivity index (χ0v) is 10.4. The second-order valence-corrected chi connectivity index (χ2v) is 4.20. The van der Waals surface area contributed by atoms with Gasteiger partial charge in [0.05, 0.1) is 18.2 Å². The topological polar surface area (TPSA) is 98.0 Å². The van der Waals surface area contributed by atoms with Crippen molar-refractivity contribution in [3.05, 3.63) is 42.0 Å². The monoisotopic (exact) mass is 266 g/mol. The van der Waals surface area contributed by atoms with E-state index in [9.17, 15) is 0 Å². The Morgan fingerprint density at radius 2 is 1.85 bits per heavy atom. The quantitative estimate of drug-likeness (QED) is 0.732. The minimum absolute atomic E-state index is 0.375. The van der Waals surface area contributed by atoms with Gasteiger partial charge in [-0.3, -0.25) is 0 Å². The molecule has 98 valence electrons. The third kappa shape index (κ3) is 2.12. The minimum Gasteiger partial charge on any atom is -0.455 e. The summed E-state index contributed by atoms with van der Waals surface area (Å²) >= 11 is 0. The van der Waals surface area contributed by atoms with Crippen LogP contribution in [-0.4, -0.2) is 10.3 Å². The summed E-state index contributed by atoms with van der Waals surface area (Å²) in [6, 6.07) is 12.8. The Morgan fingerprint density at radius 1 is 1.10 bits per heavy atom. The number of fused-ring (bicyclic) bond motifs is 1. The summed E-state index contributed by atoms with van der Waals surface area (Å²) in [4.78, 5) is 0. The third-order valence-electron chi connectivity index (χ3n) is 2.84. The number of anilines is 1. The van der Waals surface area contributed by atoms with E-state index in [1.165, 1.54) is 0 Å². The molecule has 0 amide bonds. The van der Waals surface area contributed by atoms with Gasteiger partial charge in [0, 0.05) is 0 Å². The first kappa shape index (κ1) is 12.0. The first-order valence-electron chi connectivity index (χ1n) is 5.92. The summed E-state index contributed by atoms with van der Waals surface area (Å²) in [5.41, 5.74) is 8.14. The molecule has 0 aliphatic carbocycles. The Hall–Kier alpha value is -3.07. The van der Waals surface area contributed by atoms with E-state index in [0.29, 0.717) is 34.6 Å². The molecule has 20 heavy (non-hydrogen) atoms. The van der Waals surface area contributed by atoms with Gasteiger partial charge in [0.25, 0.3) is 0 Å². The second kappa shape index (κ2) is 4.90. The highest BCUT2D eigenvalue weighted by molar-refractivity contribution is 5.90. The number of hydrogen-bond donors (Lipinski definition) is 1. The van der Waals surface area contributed by atoms with Crippen molar-refractivity contribution in [2.45, 2.75) is 6.42 Å². The molecule has 0 fully saturated rings. The zero-order valence-electron chi connectivity index (χ0n) is 10.4. The van der Waals surface area contributed by atoms with Gasteiger partial charge < -0.3 is 10.5 Å². The van der Waals surface area contributed by atoms with Crippen LogP contribution in [0.3, 0.4) is 0 Å². The summed E-state index contributed by atoms with van der Waals surface area (Å²) in [5, 5.41) is 16.1. The molecule has 0 radical (unpaired) electrons. The van der Waals surface area contributed by atoms with Crippen molar-refractivity contribution in [2.75, 3.05) is 5.73 Å². The van der Waals surface area contributed by atoms with Crippen LogP contribution < -0.4 is 10.5 Å². The van der Waals surface area contributed by atoms with Crippen LogP contribution in [0.1, 0.15) is 5.56 Å². The normalized spacial score (nSPS) is 10.3. The average molecular weight is 266 g/mol. The van der Waals surface area contributed by atoms with Crippen molar-refractivity contribution in [3.63, 3.8) is 0 Å². The van der Waals surface area contributed by atoms with Crippen molar-refractivity contribution < 1.29 is 9.37 Å². The Morgan fingerprint density at radius 3 is 2.60 bits per heavy atom. The Labute approximate surface area is 114 Å². The molecule has 0 unspecified atom stereocenters. The van der Waals surface area contributed by atoms with Gasteiger partial charge in [-0.05, 0) is 40.1 Å². The van der Waals surface area contributed by atoms with Crippen molar-refractivity contribution in [1.82, 2.24) is 10.3 Å². The van der Waals surface area contributed by atoms with Gasteiger partial charge in [-0.2, -0.15) is 5.26 Å². The fraction of sp³-hybridized carbons (Fsp3) is 0.0714. The molecule has 6 heteroatoms. The molecule has 0 saturated heterocycles. The fourth-order valence-electron chi connectivity index (χ4n) is 1.84. The van der Waals surface area contributed by atoms with Crippen molar-refractivity contribution in [3.8, 4) is 17.6 Å². The van der Waals surface area contributed by atoms with Gasteiger partial charge in [0.15, 0.2) is 16.8 Å². The van der Waals surface area contributed by atoms with E-state index in [-0.39, 0.29) is 0 Å². The number of ether oxygens (including phenoxy) is 1. The standard InChI is InChI=1S/C14H10N4O2/c15-8-7-9-1-3-10(4-2-9)19-12-6-5-11(16)13-14(12)18-20-17-13/h1-6H,7,16H2. The Bertz CT molecular complexity index is 787. The maximum atomic E-state index is 8.63. The molecule has 3 aromatic rings. The lowest BCUT2D eigenvalue weighted by Gasteiger charge is -2.06. The number of nitrogens with two attached hydrogens (primary N) is 1. The molecule has 3 rings (SSSR count). The Kier molecular flexibility index (Phi) is 2.94. The van der Waals surface area contributed by atoms with Gasteiger partial charge in [0.1, 0.15) is 5.75 Å². The summed E-state index contributed by atoms with van der Waals surface area (Å²) < 4.78 is 10.4. The molecule has 0 spiro atoms. The molecule has 0 atom stereocenters. The van der Waals surface area contributed by atoms with E-state index in [1.54, 1.807) is 24.3 Å².